The number of carbonyl (C=O) groups is 1. The number of anilines is 2. The van der Waals surface area contributed by atoms with Crippen molar-refractivity contribution in [1.29, 1.82) is 0 Å². The van der Waals surface area contributed by atoms with Gasteiger partial charge in [-0.2, -0.15) is 18.3 Å². The third-order valence-corrected chi connectivity index (χ3v) is 6.56. The van der Waals surface area contributed by atoms with E-state index in [1.165, 1.54) is 6.07 Å². The molecule has 0 fully saturated rings. The lowest BCUT2D eigenvalue weighted by Crippen LogP contribution is -2.31. The van der Waals surface area contributed by atoms with E-state index in [2.05, 4.69) is 20.3 Å². The SMILES string of the molecule is CN1CCNc2nc(CCOc3cc(CC(CC(=O)O)c4ccc5c(c4)OCO5)nn3CC(F)(F)F)ccc21. The number of benzene rings is 1. The van der Waals surface area contributed by atoms with Crippen molar-refractivity contribution in [2.75, 3.05) is 43.8 Å². The Morgan fingerprint density at radius 1 is 1.18 bits per heavy atom. The summed E-state index contributed by atoms with van der Waals surface area (Å²) in [6.45, 7) is 0.462. The number of fused-ring (bicyclic) bond motifs is 2. The fourth-order valence-corrected chi connectivity index (χ4v) is 4.68. The first-order valence-corrected chi connectivity index (χ1v) is 12.5. The molecule has 2 aliphatic heterocycles. The Morgan fingerprint density at radius 2 is 2.00 bits per heavy atom. The number of nitrogens with one attached hydrogen (secondary N) is 1. The number of pyridine rings is 1. The van der Waals surface area contributed by atoms with E-state index >= 15 is 0 Å². The molecule has 208 valence electrons. The molecule has 2 N–H and O–H groups in total. The lowest BCUT2D eigenvalue weighted by molar-refractivity contribution is -0.143. The van der Waals surface area contributed by atoms with Crippen molar-refractivity contribution in [2.45, 2.75) is 37.9 Å². The highest BCUT2D eigenvalue weighted by Crippen LogP contribution is 2.37. The van der Waals surface area contributed by atoms with Crippen molar-refractivity contribution in [1.82, 2.24) is 14.8 Å². The van der Waals surface area contributed by atoms with Crippen LogP contribution in [0.25, 0.3) is 0 Å². The van der Waals surface area contributed by atoms with Gasteiger partial charge >= 0.3 is 12.1 Å². The van der Waals surface area contributed by atoms with Crippen molar-refractivity contribution < 1.29 is 37.3 Å². The maximum absolute atomic E-state index is 13.3. The number of alkyl halides is 3. The molecule has 0 aliphatic carbocycles. The van der Waals surface area contributed by atoms with E-state index in [9.17, 15) is 23.1 Å². The lowest BCUT2D eigenvalue weighted by atomic mass is 9.91. The Hall–Kier alpha value is -4.16. The van der Waals surface area contributed by atoms with Gasteiger partial charge in [-0.05, 0) is 36.2 Å². The van der Waals surface area contributed by atoms with Crippen LogP contribution in [0.15, 0.2) is 36.4 Å². The number of nitrogens with zero attached hydrogens (tertiary/aromatic N) is 4. The van der Waals surface area contributed by atoms with Crippen LogP contribution in [0.1, 0.15) is 29.3 Å². The summed E-state index contributed by atoms with van der Waals surface area (Å²) in [5, 5.41) is 16.8. The van der Waals surface area contributed by atoms with E-state index < -0.39 is 24.6 Å². The van der Waals surface area contributed by atoms with Crippen LogP contribution in [0.2, 0.25) is 0 Å². The van der Waals surface area contributed by atoms with Crippen molar-refractivity contribution >= 4 is 17.5 Å². The van der Waals surface area contributed by atoms with E-state index in [1.54, 1.807) is 18.2 Å². The monoisotopic (exact) mass is 547 g/mol. The predicted octanol–water partition coefficient (Wildman–Crippen LogP) is 3.85. The van der Waals surface area contributed by atoms with Crippen LogP contribution in [0.4, 0.5) is 24.7 Å². The van der Waals surface area contributed by atoms with Gasteiger partial charge in [0.05, 0.1) is 24.4 Å². The van der Waals surface area contributed by atoms with Crippen LogP contribution in [-0.2, 0) is 24.2 Å². The Morgan fingerprint density at radius 3 is 2.79 bits per heavy atom. The van der Waals surface area contributed by atoms with E-state index in [1.807, 2.05) is 19.2 Å². The zero-order valence-electron chi connectivity index (χ0n) is 21.2. The number of hydrogen-bond acceptors (Lipinski definition) is 8. The van der Waals surface area contributed by atoms with Crippen LogP contribution in [0, 0.1) is 0 Å². The second-order valence-electron chi connectivity index (χ2n) is 9.48. The van der Waals surface area contributed by atoms with Gasteiger partial charge in [0.25, 0.3) is 0 Å². The van der Waals surface area contributed by atoms with E-state index in [0.717, 1.165) is 35.0 Å². The van der Waals surface area contributed by atoms with Gasteiger partial charge in [-0.3, -0.25) is 4.79 Å². The summed E-state index contributed by atoms with van der Waals surface area (Å²) < 4.78 is 57.1. The Kier molecular flexibility index (Phi) is 7.40. The van der Waals surface area contributed by atoms with E-state index in [4.69, 9.17) is 14.2 Å². The minimum Gasteiger partial charge on any atom is -0.481 e. The molecule has 5 rings (SSSR count). The standard InChI is InChI=1S/C26H28F3N5O5/c1-33-8-7-30-25-20(33)4-3-18(31-25)6-9-37-23-13-19(32-34(23)14-26(27,28)29)10-17(12-24(35)36)16-2-5-21-22(11-16)39-15-38-21/h2-5,11,13,17H,6-10,12,14-15H2,1H3,(H,30,31)(H,35,36). The van der Waals surface area contributed by atoms with Crippen LogP contribution < -0.4 is 24.4 Å². The quantitative estimate of drug-likeness (QED) is 0.391. The van der Waals surface area contributed by atoms with Crippen LogP contribution >= 0.6 is 0 Å². The molecule has 0 spiro atoms. The number of carboxylic acids is 1. The molecular formula is C26H28F3N5O5. The van der Waals surface area contributed by atoms with Crippen molar-refractivity contribution in [2.24, 2.45) is 0 Å². The lowest BCUT2D eigenvalue weighted by Gasteiger charge is -2.27. The molecule has 4 heterocycles. The molecule has 39 heavy (non-hydrogen) atoms. The molecule has 0 saturated carbocycles. The number of aromatic nitrogens is 3. The Labute approximate surface area is 222 Å². The molecule has 0 bridgehead atoms. The highest BCUT2D eigenvalue weighted by atomic mass is 19.4. The van der Waals surface area contributed by atoms with Gasteiger partial charge in [0, 0.05) is 44.2 Å². The van der Waals surface area contributed by atoms with Crippen molar-refractivity contribution in [3.8, 4) is 17.4 Å². The molecule has 0 saturated heterocycles. The molecule has 2 aromatic heterocycles. The summed E-state index contributed by atoms with van der Waals surface area (Å²) in [5.74, 6) is 0.171. The van der Waals surface area contributed by atoms with Crippen LogP contribution in [-0.4, -0.2) is 65.6 Å². The van der Waals surface area contributed by atoms with Gasteiger partial charge in [-0.15, -0.1) is 0 Å². The summed E-state index contributed by atoms with van der Waals surface area (Å²) in [7, 11) is 1.98. The third-order valence-electron chi connectivity index (χ3n) is 6.56. The molecule has 10 nitrogen and oxygen atoms in total. The third kappa shape index (κ3) is 6.47. The molecule has 1 aromatic carbocycles. The maximum atomic E-state index is 13.3. The second kappa shape index (κ2) is 10.9. The first-order valence-electron chi connectivity index (χ1n) is 12.5. The van der Waals surface area contributed by atoms with Crippen LogP contribution in [0.3, 0.4) is 0 Å². The summed E-state index contributed by atoms with van der Waals surface area (Å²) in [4.78, 5) is 18.3. The van der Waals surface area contributed by atoms with Gasteiger partial charge in [0.1, 0.15) is 12.4 Å². The summed E-state index contributed by atoms with van der Waals surface area (Å²) in [5.41, 5.74) is 2.67. The molecule has 1 unspecified atom stereocenters. The summed E-state index contributed by atoms with van der Waals surface area (Å²) in [6, 6.07) is 10.4. The highest BCUT2D eigenvalue weighted by molar-refractivity contribution is 5.68. The van der Waals surface area contributed by atoms with E-state index in [-0.39, 0.29) is 37.8 Å². The minimum atomic E-state index is -4.52. The molecule has 0 amide bonds. The number of rotatable bonds is 10. The van der Waals surface area contributed by atoms with Crippen molar-refractivity contribution in [3.05, 3.63) is 53.3 Å². The average Bonchev–Trinajstić information content (AvgIpc) is 3.48. The zero-order chi connectivity index (χ0) is 27.6. The van der Waals surface area contributed by atoms with Gasteiger partial charge in [-0.25, -0.2) is 9.67 Å². The summed E-state index contributed by atoms with van der Waals surface area (Å²) >= 11 is 0. The van der Waals surface area contributed by atoms with E-state index in [0.29, 0.717) is 23.5 Å². The zero-order valence-corrected chi connectivity index (χ0v) is 21.2. The normalized spacial score (nSPS) is 15.0. The average molecular weight is 548 g/mol. The molecule has 3 aromatic rings. The smallest absolute Gasteiger partial charge is 0.408 e. The maximum Gasteiger partial charge on any atom is 0.408 e. The number of carboxylic acid groups (broad SMARTS) is 1. The predicted molar refractivity (Wildman–Crippen MR) is 135 cm³/mol. The highest BCUT2D eigenvalue weighted by Gasteiger charge is 2.31. The van der Waals surface area contributed by atoms with Gasteiger partial charge in [0.15, 0.2) is 11.5 Å². The van der Waals surface area contributed by atoms with Gasteiger partial charge in [-0.1, -0.05) is 6.07 Å². The molecule has 2 aliphatic rings. The first kappa shape index (κ1) is 26.4. The van der Waals surface area contributed by atoms with Gasteiger partial charge < -0.3 is 29.5 Å². The number of hydrogen-bond donors (Lipinski definition) is 2. The molecule has 1 atom stereocenters. The largest absolute Gasteiger partial charge is 0.481 e. The second-order valence-corrected chi connectivity index (χ2v) is 9.48. The van der Waals surface area contributed by atoms with Crippen LogP contribution in [0.5, 0.6) is 17.4 Å². The van der Waals surface area contributed by atoms with Gasteiger partial charge in [0.2, 0.25) is 12.7 Å². The number of likely N-dealkylation sites (N-methyl/N-ethyl adjacent to an activating group) is 1. The number of aliphatic carboxylic acids is 1. The number of ether oxygens (including phenoxy) is 3. The topological polar surface area (TPSA) is 111 Å². The summed E-state index contributed by atoms with van der Waals surface area (Å²) in [6.07, 6.45) is -4.28. The Bertz CT molecular complexity index is 1350. The molecule has 13 heteroatoms. The molecule has 0 radical (unpaired) electrons. The minimum absolute atomic E-state index is 0.0436. The van der Waals surface area contributed by atoms with Crippen molar-refractivity contribution in [3.63, 3.8) is 0 Å². The molecular weight excluding hydrogens is 519 g/mol. The first-order chi connectivity index (χ1) is 18.6. The fraction of sp³-hybridized carbons (Fsp3) is 0.423. The Balaban J connectivity index is 1.31. The fourth-order valence-electron chi connectivity index (χ4n) is 4.68. The number of halogens is 3.